The van der Waals surface area contributed by atoms with E-state index in [-0.39, 0.29) is 11.8 Å². The van der Waals surface area contributed by atoms with Crippen LogP contribution >= 0.6 is 0 Å². The quantitative estimate of drug-likeness (QED) is 0.756. The lowest BCUT2D eigenvalue weighted by molar-refractivity contribution is -0.120. The molecule has 3 rings (SSSR count). The third-order valence-corrected chi connectivity index (χ3v) is 4.19. The largest absolute Gasteiger partial charge is 0.361 e. The van der Waals surface area contributed by atoms with Gasteiger partial charge in [0, 0.05) is 36.5 Å². The maximum atomic E-state index is 11.9. The fraction of sp³-hybridized carbons (Fsp3) is 0.211. The lowest BCUT2D eigenvalue weighted by Crippen LogP contribution is -2.21. The molecule has 2 aromatic carbocycles. The number of amides is 1. The summed E-state index contributed by atoms with van der Waals surface area (Å²) in [6.45, 7) is 2.10. The molecule has 112 valence electrons. The number of aryl methyl sites for hydroxylation is 1. The van der Waals surface area contributed by atoms with Crippen molar-refractivity contribution >= 4 is 16.8 Å². The van der Waals surface area contributed by atoms with Crippen molar-refractivity contribution in [1.29, 1.82) is 0 Å². The van der Waals surface area contributed by atoms with Crippen LogP contribution in [0.15, 0.2) is 54.7 Å². The summed E-state index contributed by atoms with van der Waals surface area (Å²) in [5, 5.41) is 3.95. The van der Waals surface area contributed by atoms with Crippen molar-refractivity contribution in [3.05, 3.63) is 71.4 Å². The molecule has 1 amide bonds. The minimum Gasteiger partial charge on any atom is -0.361 e. The van der Waals surface area contributed by atoms with E-state index in [9.17, 15) is 4.79 Å². The number of aromatic amines is 1. The van der Waals surface area contributed by atoms with Crippen molar-refractivity contribution in [2.24, 2.45) is 0 Å². The SMILES string of the molecule is CNC(=O)CC(c1ccccc1)c1ccc2[nH]cc(C)c2c1. The van der Waals surface area contributed by atoms with Gasteiger partial charge >= 0.3 is 0 Å². The summed E-state index contributed by atoms with van der Waals surface area (Å²) in [5.74, 6) is 0.125. The Hall–Kier alpha value is -2.55. The van der Waals surface area contributed by atoms with Crippen molar-refractivity contribution in [2.45, 2.75) is 19.3 Å². The van der Waals surface area contributed by atoms with Crippen LogP contribution in [0.25, 0.3) is 10.9 Å². The summed E-state index contributed by atoms with van der Waals surface area (Å²) in [7, 11) is 1.68. The molecule has 1 atom stereocenters. The molecule has 3 heteroatoms. The number of carbonyl (C=O) groups is 1. The van der Waals surface area contributed by atoms with Gasteiger partial charge in [-0.05, 0) is 35.7 Å². The van der Waals surface area contributed by atoms with Crippen LogP contribution in [0.4, 0.5) is 0 Å². The van der Waals surface area contributed by atoms with E-state index >= 15 is 0 Å². The number of hydrogen-bond acceptors (Lipinski definition) is 1. The summed E-state index contributed by atoms with van der Waals surface area (Å²) >= 11 is 0. The van der Waals surface area contributed by atoms with Gasteiger partial charge in [-0.25, -0.2) is 0 Å². The van der Waals surface area contributed by atoms with E-state index in [4.69, 9.17) is 0 Å². The maximum absolute atomic E-state index is 11.9. The molecule has 1 unspecified atom stereocenters. The molecular weight excluding hydrogens is 272 g/mol. The zero-order valence-corrected chi connectivity index (χ0v) is 12.9. The van der Waals surface area contributed by atoms with Crippen LogP contribution in [-0.2, 0) is 4.79 Å². The lowest BCUT2D eigenvalue weighted by atomic mass is 9.87. The minimum absolute atomic E-state index is 0.0553. The summed E-state index contributed by atoms with van der Waals surface area (Å²) in [6.07, 6.45) is 2.47. The molecule has 3 aromatic rings. The van der Waals surface area contributed by atoms with Gasteiger partial charge in [-0.1, -0.05) is 36.4 Å². The molecule has 0 bridgehead atoms. The van der Waals surface area contributed by atoms with Crippen LogP contribution in [0.3, 0.4) is 0 Å². The Morgan fingerprint density at radius 1 is 1.14 bits per heavy atom. The van der Waals surface area contributed by atoms with Crippen LogP contribution in [0.2, 0.25) is 0 Å². The standard InChI is InChI=1S/C19H20N2O/c1-13-12-21-18-9-8-15(10-16(13)18)17(11-19(22)20-2)14-6-4-3-5-7-14/h3-10,12,17,21H,11H2,1-2H3,(H,20,22). The number of rotatable bonds is 4. The van der Waals surface area contributed by atoms with Crippen molar-refractivity contribution < 1.29 is 4.79 Å². The summed E-state index contributed by atoms with van der Waals surface area (Å²) in [6, 6.07) is 16.6. The molecule has 0 aliphatic rings. The molecule has 0 saturated carbocycles. The van der Waals surface area contributed by atoms with Crippen LogP contribution in [0, 0.1) is 6.92 Å². The first-order valence-corrected chi connectivity index (χ1v) is 7.52. The number of H-pyrrole nitrogens is 1. The highest BCUT2D eigenvalue weighted by molar-refractivity contribution is 5.84. The second-order valence-electron chi connectivity index (χ2n) is 5.62. The zero-order chi connectivity index (χ0) is 15.5. The molecule has 0 aliphatic heterocycles. The van der Waals surface area contributed by atoms with Gasteiger partial charge in [0.25, 0.3) is 0 Å². The summed E-state index contributed by atoms with van der Waals surface area (Å²) < 4.78 is 0. The molecule has 0 radical (unpaired) electrons. The van der Waals surface area contributed by atoms with Gasteiger partial charge in [-0.15, -0.1) is 0 Å². The van der Waals surface area contributed by atoms with E-state index in [0.717, 1.165) is 5.52 Å². The number of nitrogens with one attached hydrogen (secondary N) is 2. The Kier molecular flexibility index (Phi) is 3.96. The van der Waals surface area contributed by atoms with Gasteiger partial charge in [0.15, 0.2) is 0 Å². The molecule has 0 spiro atoms. The van der Waals surface area contributed by atoms with Crippen LogP contribution in [0.5, 0.6) is 0 Å². The highest BCUT2D eigenvalue weighted by Gasteiger charge is 2.18. The van der Waals surface area contributed by atoms with E-state index in [2.05, 4.69) is 47.6 Å². The highest BCUT2D eigenvalue weighted by atomic mass is 16.1. The van der Waals surface area contributed by atoms with E-state index in [1.54, 1.807) is 7.05 Å². The Morgan fingerprint density at radius 3 is 2.64 bits per heavy atom. The number of hydrogen-bond donors (Lipinski definition) is 2. The van der Waals surface area contributed by atoms with Gasteiger partial charge < -0.3 is 10.3 Å². The average Bonchev–Trinajstić information content (AvgIpc) is 2.94. The van der Waals surface area contributed by atoms with E-state index in [1.807, 2.05) is 24.4 Å². The summed E-state index contributed by atoms with van der Waals surface area (Å²) in [5.41, 5.74) is 4.69. The Morgan fingerprint density at radius 2 is 1.91 bits per heavy atom. The molecule has 2 N–H and O–H groups in total. The molecule has 1 heterocycles. The van der Waals surface area contributed by atoms with E-state index in [1.165, 1.54) is 22.1 Å². The van der Waals surface area contributed by atoms with Gasteiger partial charge in [-0.2, -0.15) is 0 Å². The molecule has 0 saturated heterocycles. The first-order chi connectivity index (χ1) is 10.7. The van der Waals surface area contributed by atoms with E-state index < -0.39 is 0 Å². The molecule has 0 aliphatic carbocycles. The second-order valence-corrected chi connectivity index (χ2v) is 5.62. The third kappa shape index (κ3) is 2.75. The number of fused-ring (bicyclic) bond motifs is 1. The second kappa shape index (κ2) is 6.06. The van der Waals surface area contributed by atoms with Gasteiger partial charge in [0.05, 0.1) is 0 Å². The third-order valence-electron chi connectivity index (χ3n) is 4.19. The fourth-order valence-corrected chi connectivity index (χ4v) is 2.90. The predicted molar refractivity (Wildman–Crippen MR) is 90.0 cm³/mol. The minimum atomic E-state index is 0.0553. The molecule has 0 fully saturated rings. The zero-order valence-electron chi connectivity index (χ0n) is 12.9. The smallest absolute Gasteiger partial charge is 0.220 e. The van der Waals surface area contributed by atoms with Crippen molar-refractivity contribution in [2.75, 3.05) is 7.05 Å². The van der Waals surface area contributed by atoms with E-state index in [0.29, 0.717) is 6.42 Å². The van der Waals surface area contributed by atoms with Gasteiger partial charge in [0.1, 0.15) is 0 Å². The first kappa shape index (κ1) is 14.4. The van der Waals surface area contributed by atoms with Crippen LogP contribution in [-0.4, -0.2) is 17.9 Å². The predicted octanol–water partition coefficient (Wildman–Crippen LogP) is 3.74. The topological polar surface area (TPSA) is 44.9 Å². The van der Waals surface area contributed by atoms with Crippen molar-refractivity contribution in [3.8, 4) is 0 Å². The highest BCUT2D eigenvalue weighted by Crippen LogP contribution is 2.31. The normalized spacial score (nSPS) is 12.3. The number of carbonyl (C=O) groups excluding carboxylic acids is 1. The molecule has 3 nitrogen and oxygen atoms in total. The number of aromatic nitrogens is 1. The van der Waals surface area contributed by atoms with Gasteiger partial charge in [0.2, 0.25) is 5.91 Å². The molecule has 22 heavy (non-hydrogen) atoms. The maximum Gasteiger partial charge on any atom is 0.220 e. The van der Waals surface area contributed by atoms with Crippen LogP contribution in [0.1, 0.15) is 29.0 Å². The van der Waals surface area contributed by atoms with Crippen molar-refractivity contribution in [3.63, 3.8) is 0 Å². The fourth-order valence-electron chi connectivity index (χ4n) is 2.90. The average molecular weight is 292 g/mol. The summed E-state index contributed by atoms with van der Waals surface area (Å²) in [4.78, 5) is 15.2. The lowest BCUT2D eigenvalue weighted by Gasteiger charge is -2.17. The Labute approximate surface area is 130 Å². The number of benzene rings is 2. The van der Waals surface area contributed by atoms with Crippen LogP contribution < -0.4 is 5.32 Å². The van der Waals surface area contributed by atoms with Crippen molar-refractivity contribution in [1.82, 2.24) is 10.3 Å². The molecule has 1 aromatic heterocycles. The van der Waals surface area contributed by atoms with Gasteiger partial charge in [-0.3, -0.25) is 4.79 Å². The monoisotopic (exact) mass is 292 g/mol. The Bertz CT molecular complexity index is 790. The Balaban J connectivity index is 2.06. The molecular formula is C19H20N2O. The first-order valence-electron chi connectivity index (χ1n) is 7.52.